The van der Waals surface area contributed by atoms with E-state index in [0.717, 1.165) is 18.4 Å². The average molecular weight is 207 g/mol. The summed E-state index contributed by atoms with van der Waals surface area (Å²) in [5.74, 6) is -0.170. The lowest BCUT2D eigenvalue weighted by atomic mass is 10.2. The molecule has 0 aliphatic rings. The molecule has 1 rings (SSSR count). The molecular weight excluding hydrogens is 190 g/mol. The van der Waals surface area contributed by atoms with Gasteiger partial charge in [-0.3, -0.25) is 9.78 Å². The Balaban J connectivity index is 2.43. The standard InChI is InChI=1S/C12H17NO2/c1-3-11(4-2)15-12(14)8-10-6-5-7-13-9-10/h5-7,9,11H,3-4,8H2,1-2H3. The second-order valence-electron chi connectivity index (χ2n) is 3.47. The molecule has 0 fully saturated rings. The summed E-state index contributed by atoms with van der Waals surface area (Å²) >= 11 is 0. The summed E-state index contributed by atoms with van der Waals surface area (Å²) in [6.45, 7) is 4.04. The van der Waals surface area contributed by atoms with Crippen molar-refractivity contribution in [2.45, 2.75) is 39.2 Å². The number of esters is 1. The van der Waals surface area contributed by atoms with Gasteiger partial charge in [0.05, 0.1) is 6.42 Å². The first-order valence-corrected chi connectivity index (χ1v) is 5.34. The van der Waals surface area contributed by atoms with Crippen molar-refractivity contribution in [1.82, 2.24) is 4.98 Å². The monoisotopic (exact) mass is 207 g/mol. The summed E-state index contributed by atoms with van der Waals surface area (Å²) < 4.78 is 5.29. The first-order chi connectivity index (χ1) is 7.26. The van der Waals surface area contributed by atoms with Crippen LogP contribution in [-0.4, -0.2) is 17.1 Å². The van der Waals surface area contributed by atoms with Crippen molar-refractivity contribution < 1.29 is 9.53 Å². The second kappa shape index (κ2) is 6.17. The van der Waals surface area contributed by atoms with Crippen molar-refractivity contribution >= 4 is 5.97 Å². The van der Waals surface area contributed by atoms with Gasteiger partial charge in [-0.05, 0) is 24.5 Å². The molecule has 0 spiro atoms. The second-order valence-corrected chi connectivity index (χ2v) is 3.47. The van der Waals surface area contributed by atoms with E-state index in [-0.39, 0.29) is 12.1 Å². The van der Waals surface area contributed by atoms with Gasteiger partial charge in [0, 0.05) is 12.4 Å². The number of ether oxygens (including phenoxy) is 1. The van der Waals surface area contributed by atoms with Gasteiger partial charge in [0.1, 0.15) is 6.10 Å². The zero-order valence-electron chi connectivity index (χ0n) is 9.27. The molecule has 0 unspecified atom stereocenters. The number of hydrogen-bond acceptors (Lipinski definition) is 3. The highest BCUT2D eigenvalue weighted by atomic mass is 16.5. The highest BCUT2D eigenvalue weighted by Gasteiger charge is 2.10. The van der Waals surface area contributed by atoms with Crippen LogP contribution in [0.15, 0.2) is 24.5 Å². The van der Waals surface area contributed by atoms with Crippen LogP contribution in [0, 0.1) is 0 Å². The minimum absolute atomic E-state index is 0.0502. The van der Waals surface area contributed by atoms with E-state index in [9.17, 15) is 4.79 Å². The number of hydrogen-bond donors (Lipinski definition) is 0. The molecule has 0 saturated carbocycles. The molecule has 0 amide bonds. The molecule has 1 heterocycles. The molecule has 0 N–H and O–H groups in total. The van der Waals surface area contributed by atoms with Crippen molar-refractivity contribution in [1.29, 1.82) is 0 Å². The van der Waals surface area contributed by atoms with E-state index in [2.05, 4.69) is 4.98 Å². The third-order valence-corrected chi connectivity index (χ3v) is 2.28. The number of pyridine rings is 1. The number of nitrogens with zero attached hydrogens (tertiary/aromatic N) is 1. The molecule has 0 bridgehead atoms. The topological polar surface area (TPSA) is 39.2 Å². The van der Waals surface area contributed by atoms with Gasteiger partial charge in [-0.25, -0.2) is 0 Å². The van der Waals surface area contributed by atoms with E-state index in [1.807, 2.05) is 26.0 Å². The summed E-state index contributed by atoms with van der Waals surface area (Å²) in [6, 6.07) is 3.70. The molecule has 0 aliphatic heterocycles. The van der Waals surface area contributed by atoms with Crippen LogP contribution < -0.4 is 0 Å². The molecule has 0 radical (unpaired) electrons. The Kier molecular flexibility index (Phi) is 4.81. The maximum Gasteiger partial charge on any atom is 0.310 e. The number of rotatable bonds is 5. The SMILES string of the molecule is CCC(CC)OC(=O)Cc1cccnc1. The normalized spacial score (nSPS) is 10.3. The van der Waals surface area contributed by atoms with Crippen LogP contribution in [0.25, 0.3) is 0 Å². The molecule has 1 aromatic heterocycles. The zero-order chi connectivity index (χ0) is 11.1. The first-order valence-electron chi connectivity index (χ1n) is 5.34. The van der Waals surface area contributed by atoms with E-state index in [1.54, 1.807) is 12.4 Å². The molecule has 0 aliphatic carbocycles. The van der Waals surface area contributed by atoms with Gasteiger partial charge < -0.3 is 4.74 Å². The van der Waals surface area contributed by atoms with Crippen LogP contribution >= 0.6 is 0 Å². The van der Waals surface area contributed by atoms with Crippen molar-refractivity contribution in [3.8, 4) is 0 Å². The highest BCUT2D eigenvalue weighted by molar-refractivity contribution is 5.72. The zero-order valence-corrected chi connectivity index (χ0v) is 9.27. The summed E-state index contributed by atoms with van der Waals surface area (Å²) in [6.07, 6.45) is 5.48. The Labute approximate surface area is 90.5 Å². The Bertz CT molecular complexity index is 294. The van der Waals surface area contributed by atoms with Gasteiger partial charge in [0.25, 0.3) is 0 Å². The molecule has 15 heavy (non-hydrogen) atoms. The molecule has 0 atom stereocenters. The third kappa shape index (κ3) is 4.11. The number of aromatic nitrogens is 1. The lowest BCUT2D eigenvalue weighted by Crippen LogP contribution is -2.18. The van der Waals surface area contributed by atoms with Crippen LogP contribution in [0.3, 0.4) is 0 Å². The minimum atomic E-state index is -0.170. The molecule has 1 aromatic rings. The molecular formula is C12H17NO2. The number of carbonyl (C=O) groups excluding carboxylic acids is 1. The maximum absolute atomic E-state index is 11.5. The summed E-state index contributed by atoms with van der Waals surface area (Å²) in [5.41, 5.74) is 0.897. The predicted molar refractivity (Wildman–Crippen MR) is 58.4 cm³/mol. The van der Waals surface area contributed by atoms with Crippen LogP contribution in [0.2, 0.25) is 0 Å². The van der Waals surface area contributed by atoms with Crippen LogP contribution in [0.4, 0.5) is 0 Å². The Morgan fingerprint density at radius 3 is 2.73 bits per heavy atom. The molecule has 0 saturated heterocycles. The molecule has 3 heteroatoms. The highest BCUT2D eigenvalue weighted by Crippen LogP contribution is 2.06. The third-order valence-electron chi connectivity index (χ3n) is 2.28. The average Bonchev–Trinajstić information content (AvgIpc) is 2.27. The predicted octanol–water partition coefficient (Wildman–Crippen LogP) is 2.36. The van der Waals surface area contributed by atoms with Crippen molar-refractivity contribution in [2.75, 3.05) is 0 Å². The van der Waals surface area contributed by atoms with Gasteiger partial charge in [-0.1, -0.05) is 19.9 Å². The fourth-order valence-electron chi connectivity index (χ4n) is 1.35. The van der Waals surface area contributed by atoms with Gasteiger partial charge in [-0.2, -0.15) is 0 Å². The number of carbonyl (C=O) groups is 1. The Morgan fingerprint density at radius 1 is 1.47 bits per heavy atom. The van der Waals surface area contributed by atoms with E-state index >= 15 is 0 Å². The van der Waals surface area contributed by atoms with Crippen LogP contribution in [-0.2, 0) is 16.0 Å². The van der Waals surface area contributed by atoms with E-state index in [0.29, 0.717) is 6.42 Å². The van der Waals surface area contributed by atoms with E-state index < -0.39 is 0 Å². The maximum atomic E-state index is 11.5. The molecule has 3 nitrogen and oxygen atoms in total. The van der Waals surface area contributed by atoms with Gasteiger partial charge in [-0.15, -0.1) is 0 Å². The fraction of sp³-hybridized carbons (Fsp3) is 0.500. The minimum Gasteiger partial charge on any atom is -0.462 e. The van der Waals surface area contributed by atoms with E-state index in [1.165, 1.54) is 0 Å². The van der Waals surface area contributed by atoms with Crippen molar-refractivity contribution in [2.24, 2.45) is 0 Å². The van der Waals surface area contributed by atoms with Crippen molar-refractivity contribution in [3.63, 3.8) is 0 Å². The van der Waals surface area contributed by atoms with Crippen LogP contribution in [0.1, 0.15) is 32.3 Å². The van der Waals surface area contributed by atoms with Gasteiger partial charge in [0.2, 0.25) is 0 Å². The Morgan fingerprint density at radius 2 is 2.20 bits per heavy atom. The Hall–Kier alpha value is -1.38. The van der Waals surface area contributed by atoms with Gasteiger partial charge in [0.15, 0.2) is 0 Å². The molecule has 0 aromatic carbocycles. The van der Waals surface area contributed by atoms with E-state index in [4.69, 9.17) is 4.74 Å². The lowest BCUT2D eigenvalue weighted by Gasteiger charge is -2.13. The van der Waals surface area contributed by atoms with Crippen molar-refractivity contribution in [3.05, 3.63) is 30.1 Å². The smallest absolute Gasteiger partial charge is 0.310 e. The first kappa shape index (κ1) is 11.7. The molecule has 82 valence electrons. The summed E-state index contributed by atoms with van der Waals surface area (Å²) in [5, 5.41) is 0. The quantitative estimate of drug-likeness (QED) is 0.696. The largest absolute Gasteiger partial charge is 0.462 e. The van der Waals surface area contributed by atoms with Gasteiger partial charge >= 0.3 is 5.97 Å². The van der Waals surface area contributed by atoms with Crippen LogP contribution in [0.5, 0.6) is 0 Å². The fourth-order valence-corrected chi connectivity index (χ4v) is 1.35. The summed E-state index contributed by atoms with van der Waals surface area (Å²) in [7, 11) is 0. The summed E-state index contributed by atoms with van der Waals surface area (Å²) in [4.78, 5) is 15.4. The lowest BCUT2D eigenvalue weighted by molar-refractivity contribution is -0.148.